The first kappa shape index (κ1) is 24.9. The summed E-state index contributed by atoms with van der Waals surface area (Å²) in [5.41, 5.74) is -3.53. The lowest BCUT2D eigenvalue weighted by molar-refractivity contribution is -0.335. The van der Waals surface area contributed by atoms with Crippen LogP contribution in [0.2, 0.25) is 0 Å². The Morgan fingerprint density at radius 3 is 1.41 bits per heavy atom. The number of rotatable bonds is 11. The SMILES string of the molecule is O=C(CCS)OC(Cn1c(=O)[nH]c(=O)[nH]c1=O)(OC(=O)CCS)OC(=O)CCS. The molecule has 15 heteroatoms. The van der Waals surface area contributed by atoms with Crippen molar-refractivity contribution in [1.82, 2.24) is 14.5 Å². The Hall–Kier alpha value is -2.13. The zero-order valence-corrected chi connectivity index (χ0v) is 17.6. The van der Waals surface area contributed by atoms with Crippen LogP contribution < -0.4 is 17.1 Å². The van der Waals surface area contributed by atoms with Crippen LogP contribution >= 0.6 is 37.9 Å². The summed E-state index contributed by atoms with van der Waals surface area (Å²) in [6, 6.07) is 0. The molecule has 0 aliphatic heterocycles. The third-order valence-corrected chi connectivity index (χ3v) is 3.71. The summed E-state index contributed by atoms with van der Waals surface area (Å²) in [5, 5.41) is 0. The fraction of sp³-hybridized carbons (Fsp3) is 0.571. The zero-order chi connectivity index (χ0) is 22.0. The van der Waals surface area contributed by atoms with Gasteiger partial charge in [0.15, 0.2) is 6.54 Å². The normalized spacial score (nSPS) is 11.0. The van der Waals surface area contributed by atoms with Crippen molar-refractivity contribution in [2.75, 3.05) is 17.3 Å². The standard InChI is InChI=1S/C14H19N3O9S3/c18-8(1-4-27)24-14(25-9(19)2-5-28,26-10(20)3-6-29)7-17-12(22)15-11(21)16-13(17)23/h27-29H,1-7H2,(H2,15,16,21,22,23). The minimum Gasteiger partial charge on any atom is -0.387 e. The monoisotopic (exact) mass is 469 g/mol. The highest BCUT2D eigenvalue weighted by molar-refractivity contribution is 7.80. The number of thiol groups is 3. The largest absolute Gasteiger partial charge is 0.443 e. The van der Waals surface area contributed by atoms with E-state index in [-0.39, 0.29) is 36.5 Å². The van der Waals surface area contributed by atoms with Crippen LogP contribution in [-0.2, 0) is 35.1 Å². The van der Waals surface area contributed by atoms with Gasteiger partial charge in [0, 0.05) is 17.3 Å². The quantitative estimate of drug-likeness (QED) is 0.147. The van der Waals surface area contributed by atoms with E-state index in [1.54, 1.807) is 9.97 Å². The molecule has 29 heavy (non-hydrogen) atoms. The molecule has 0 aliphatic carbocycles. The van der Waals surface area contributed by atoms with Crippen LogP contribution in [0.25, 0.3) is 0 Å². The molecule has 1 aromatic heterocycles. The van der Waals surface area contributed by atoms with Gasteiger partial charge in [0.05, 0.1) is 19.3 Å². The lowest BCUT2D eigenvalue weighted by Crippen LogP contribution is -2.54. The van der Waals surface area contributed by atoms with Crippen molar-refractivity contribution in [3.05, 3.63) is 31.5 Å². The first-order valence-electron chi connectivity index (χ1n) is 8.08. The van der Waals surface area contributed by atoms with Crippen LogP contribution in [0, 0.1) is 0 Å². The molecule has 1 rings (SSSR count). The van der Waals surface area contributed by atoms with Crippen molar-refractivity contribution in [3.63, 3.8) is 0 Å². The molecule has 1 aromatic rings. The number of ether oxygens (including phenoxy) is 3. The van der Waals surface area contributed by atoms with E-state index in [4.69, 9.17) is 14.2 Å². The number of carbonyl (C=O) groups excluding carboxylic acids is 3. The molecule has 0 radical (unpaired) electrons. The number of aromatic amines is 2. The van der Waals surface area contributed by atoms with Gasteiger partial charge in [-0.15, -0.1) is 0 Å². The summed E-state index contributed by atoms with van der Waals surface area (Å²) in [6.45, 7) is -1.03. The van der Waals surface area contributed by atoms with Crippen molar-refractivity contribution in [2.24, 2.45) is 0 Å². The number of nitrogens with zero attached hydrogens (tertiary/aromatic N) is 1. The Labute approximate surface area is 179 Å². The van der Waals surface area contributed by atoms with E-state index < -0.39 is 47.5 Å². The summed E-state index contributed by atoms with van der Waals surface area (Å²) < 4.78 is 15.4. The second-order valence-electron chi connectivity index (χ2n) is 5.30. The number of carbonyl (C=O) groups is 3. The van der Waals surface area contributed by atoms with Gasteiger partial charge in [-0.3, -0.25) is 24.4 Å². The second kappa shape index (κ2) is 11.8. The Kier molecular flexibility index (Phi) is 10.1. The number of hydrogen-bond acceptors (Lipinski definition) is 12. The van der Waals surface area contributed by atoms with E-state index in [9.17, 15) is 28.8 Å². The number of aromatic nitrogens is 3. The average molecular weight is 470 g/mol. The van der Waals surface area contributed by atoms with E-state index in [1.165, 1.54) is 0 Å². The molecule has 1 heterocycles. The summed E-state index contributed by atoms with van der Waals surface area (Å²) in [7, 11) is 0. The van der Waals surface area contributed by atoms with Gasteiger partial charge >= 0.3 is 41.0 Å². The summed E-state index contributed by atoms with van der Waals surface area (Å²) >= 11 is 11.6. The highest BCUT2D eigenvalue weighted by Crippen LogP contribution is 2.21. The predicted octanol–water partition coefficient (Wildman–Crippen LogP) is -1.53. The van der Waals surface area contributed by atoms with Gasteiger partial charge in [-0.05, 0) is 0 Å². The maximum atomic E-state index is 12.0. The van der Waals surface area contributed by atoms with Gasteiger partial charge in [-0.2, -0.15) is 37.9 Å². The maximum Gasteiger partial charge on any atom is 0.443 e. The molecular weight excluding hydrogens is 450 g/mol. The van der Waals surface area contributed by atoms with Crippen LogP contribution in [0.1, 0.15) is 19.3 Å². The van der Waals surface area contributed by atoms with Gasteiger partial charge in [0.25, 0.3) is 0 Å². The number of H-pyrrole nitrogens is 2. The van der Waals surface area contributed by atoms with Crippen molar-refractivity contribution < 1.29 is 28.6 Å². The zero-order valence-electron chi connectivity index (χ0n) is 14.9. The van der Waals surface area contributed by atoms with Crippen LogP contribution in [0.5, 0.6) is 0 Å². The lowest BCUT2D eigenvalue weighted by Gasteiger charge is -2.31. The number of nitrogens with one attached hydrogen (secondary N) is 2. The summed E-state index contributed by atoms with van der Waals surface area (Å²) in [5.74, 6) is -5.63. The number of hydrogen-bond donors (Lipinski definition) is 5. The summed E-state index contributed by atoms with van der Waals surface area (Å²) in [6.07, 6.45) is -0.804. The molecular formula is C14H19N3O9S3. The van der Waals surface area contributed by atoms with Crippen molar-refractivity contribution in [3.8, 4) is 0 Å². The Morgan fingerprint density at radius 2 is 1.10 bits per heavy atom. The predicted molar refractivity (Wildman–Crippen MR) is 108 cm³/mol. The third kappa shape index (κ3) is 8.02. The second-order valence-corrected chi connectivity index (χ2v) is 6.64. The fourth-order valence-electron chi connectivity index (χ4n) is 1.90. The molecule has 0 unspecified atom stereocenters. The van der Waals surface area contributed by atoms with E-state index in [0.717, 1.165) is 0 Å². The minimum atomic E-state index is -2.78. The molecule has 162 valence electrons. The average Bonchev–Trinajstić information content (AvgIpc) is 2.58. The lowest BCUT2D eigenvalue weighted by atomic mass is 10.4. The van der Waals surface area contributed by atoms with Gasteiger partial charge in [-0.1, -0.05) is 0 Å². The molecule has 0 aliphatic rings. The topological polar surface area (TPSA) is 167 Å². The van der Waals surface area contributed by atoms with Crippen LogP contribution in [0.15, 0.2) is 14.4 Å². The molecule has 12 nitrogen and oxygen atoms in total. The highest BCUT2D eigenvalue weighted by Gasteiger charge is 2.45. The van der Waals surface area contributed by atoms with Gasteiger partial charge in [-0.25, -0.2) is 19.0 Å². The van der Waals surface area contributed by atoms with E-state index in [0.29, 0.717) is 4.57 Å². The molecule has 0 spiro atoms. The Morgan fingerprint density at radius 1 is 0.759 bits per heavy atom. The Balaban J connectivity index is 3.47. The molecule has 0 fully saturated rings. The van der Waals surface area contributed by atoms with Crippen LogP contribution in [0.3, 0.4) is 0 Å². The molecule has 0 saturated carbocycles. The van der Waals surface area contributed by atoms with E-state index in [1.807, 2.05) is 0 Å². The van der Waals surface area contributed by atoms with Crippen molar-refractivity contribution >= 4 is 55.8 Å². The van der Waals surface area contributed by atoms with E-state index in [2.05, 4.69) is 37.9 Å². The van der Waals surface area contributed by atoms with Crippen molar-refractivity contribution in [1.29, 1.82) is 0 Å². The minimum absolute atomic E-state index is 0.0449. The van der Waals surface area contributed by atoms with Crippen LogP contribution in [0.4, 0.5) is 0 Å². The first-order chi connectivity index (χ1) is 13.7. The van der Waals surface area contributed by atoms with Gasteiger partial charge < -0.3 is 14.2 Å². The molecule has 2 N–H and O–H groups in total. The van der Waals surface area contributed by atoms with Crippen molar-refractivity contribution in [2.45, 2.75) is 31.8 Å². The molecule has 0 saturated heterocycles. The first-order valence-corrected chi connectivity index (χ1v) is 9.97. The van der Waals surface area contributed by atoms with Gasteiger partial charge in [0.2, 0.25) is 0 Å². The maximum absolute atomic E-state index is 12.0. The number of esters is 3. The fourth-order valence-corrected chi connectivity index (χ4v) is 2.44. The smallest absolute Gasteiger partial charge is 0.387 e. The molecule has 0 bridgehead atoms. The molecule has 0 atom stereocenters. The molecule has 0 amide bonds. The van der Waals surface area contributed by atoms with Crippen LogP contribution in [-0.4, -0.2) is 55.7 Å². The Bertz CT molecular complexity index is 823. The van der Waals surface area contributed by atoms with E-state index >= 15 is 0 Å². The highest BCUT2D eigenvalue weighted by atomic mass is 32.1. The summed E-state index contributed by atoms with van der Waals surface area (Å²) in [4.78, 5) is 74.9. The third-order valence-electron chi connectivity index (χ3n) is 3.04. The van der Waals surface area contributed by atoms with Gasteiger partial charge in [0.1, 0.15) is 0 Å². The molecule has 0 aromatic carbocycles.